The van der Waals surface area contributed by atoms with Gasteiger partial charge in [0.25, 0.3) is 0 Å². The smallest absolute Gasteiger partial charge is 0.316 e. The van der Waals surface area contributed by atoms with E-state index in [9.17, 15) is 35.4 Å². The van der Waals surface area contributed by atoms with Gasteiger partial charge in [0, 0.05) is 0 Å². The van der Waals surface area contributed by atoms with Gasteiger partial charge < -0.3 is 40.1 Å². The number of hydrogen-bond donors (Lipinski definition) is 6. The van der Waals surface area contributed by atoms with Gasteiger partial charge in [-0.05, 0) is 23.6 Å². The van der Waals surface area contributed by atoms with E-state index >= 15 is 0 Å². The number of rotatable bonds is 4. The highest BCUT2D eigenvalue weighted by atomic mass is 16.6. The Morgan fingerprint density at radius 3 is 2.41 bits per heavy atom. The third-order valence-electron chi connectivity index (χ3n) is 4.61. The van der Waals surface area contributed by atoms with E-state index in [-0.39, 0.29) is 17.8 Å². The monoisotopic (exact) mass is 388 g/mol. The Morgan fingerprint density at radius 2 is 1.85 bits per heavy atom. The van der Waals surface area contributed by atoms with Gasteiger partial charge >= 0.3 is 5.97 Å². The van der Waals surface area contributed by atoms with Crippen LogP contribution in [0.1, 0.15) is 20.8 Å². The van der Waals surface area contributed by atoms with Crippen LogP contribution in [0.3, 0.4) is 0 Å². The summed E-state index contributed by atoms with van der Waals surface area (Å²) >= 11 is 0. The van der Waals surface area contributed by atoms with E-state index in [1.54, 1.807) is 0 Å². The van der Waals surface area contributed by atoms with Crippen LogP contribution >= 0.6 is 0 Å². The van der Waals surface area contributed by atoms with Crippen molar-refractivity contribution >= 4 is 5.97 Å². The largest absolute Gasteiger partial charge is 0.508 e. The van der Waals surface area contributed by atoms with Gasteiger partial charge in [0.05, 0.1) is 13.2 Å². The van der Waals surface area contributed by atoms with Crippen molar-refractivity contribution in [1.29, 1.82) is 0 Å². The Kier molecular flexibility index (Phi) is 6.35. The molecule has 0 amide bonds. The number of hydrogen-bond acceptors (Lipinski definition) is 9. The molecule has 0 saturated carbocycles. The lowest BCUT2D eigenvalue weighted by Crippen LogP contribution is -2.67. The molecule has 0 spiro atoms. The minimum atomic E-state index is -2.19. The maximum atomic E-state index is 12.6. The molecule has 1 saturated heterocycles. The third kappa shape index (κ3) is 4.50. The first kappa shape index (κ1) is 21.8. The molecule has 1 aliphatic carbocycles. The molecule has 9 heteroatoms. The highest BCUT2D eigenvalue weighted by Crippen LogP contribution is 2.38. The summed E-state index contributed by atoms with van der Waals surface area (Å²) in [6, 6.07) is 0. The van der Waals surface area contributed by atoms with E-state index in [2.05, 4.69) is 0 Å². The SMILES string of the molecule is CC(C)(C)COC(=O)C1C=C(O)C=CC1(O)[C@@H]1O[C@H](CO)[C@@H](O)[C@H](O)[C@H]1O. The first-order valence-electron chi connectivity index (χ1n) is 8.70. The van der Waals surface area contributed by atoms with Crippen molar-refractivity contribution in [3.05, 3.63) is 24.0 Å². The van der Waals surface area contributed by atoms with Crippen molar-refractivity contribution in [2.24, 2.45) is 11.3 Å². The van der Waals surface area contributed by atoms with E-state index < -0.39 is 54.6 Å². The molecule has 9 nitrogen and oxygen atoms in total. The van der Waals surface area contributed by atoms with Gasteiger partial charge in [0.2, 0.25) is 0 Å². The second-order valence-electron chi connectivity index (χ2n) is 8.21. The maximum absolute atomic E-state index is 12.6. The number of esters is 1. The van der Waals surface area contributed by atoms with E-state index in [1.165, 1.54) is 0 Å². The number of ether oxygens (including phenoxy) is 2. The third-order valence-corrected chi connectivity index (χ3v) is 4.61. The second-order valence-corrected chi connectivity index (χ2v) is 8.21. The van der Waals surface area contributed by atoms with Crippen molar-refractivity contribution < 1.29 is 44.9 Å². The van der Waals surface area contributed by atoms with E-state index in [0.29, 0.717) is 0 Å². The zero-order valence-corrected chi connectivity index (χ0v) is 15.5. The fourth-order valence-corrected chi connectivity index (χ4v) is 3.07. The van der Waals surface area contributed by atoms with Crippen LogP contribution in [0.5, 0.6) is 0 Å². The van der Waals surface area contributed by atoms with Crippen LogP contribution in [0.4, 0.5) is 0 Å². The number of aliphatic hydroxyl groups is 6. The van der Waals surface area contributed by atoms with Gasteiger partial charge in [-0.25, -0.2) is 0 Å². The first-order valence-corrected chi connectivity index (χ1v) is 8.70. The Morgan fingerprint density at radius 1 is 1.22 bits per heavy atom. The number of carbonyl (C=O) groups excluding carboxylic acids is 1. The van der Waals surface area contributed by atoms with Crippen molar-refractivity contribution in [2.75, 3.05) is 13.2 Å². The molecule has 2 aliphatic rings. The lowest BCUT2D eigenvalue weighted by atomic mass is 9.74. The lowest BCUT2D eigenvalue weighted by Gasteiger charge is -2.48. The summed E-state index contributed by atoms with van der Waals surface area (Å²) < 4.78 is 10.6. The minimum absolute atomic E-state index is 0.0470. The average molecular weight is 388 g/mol. The molecular weight excluding hydrogens is 360 g/mol. The zero-order valence-electron chi connectivity index (χ0n) is 15.5. The Labute approximate surface area is 157 Å². The first-order chi connectivity index (χ1) is 12.4. The predicted octanol–water partition coefficient (Wildman–Crippen LogP) is -1.22. The average Bonchev–Trinajstić information content (AvgIpc) is 2.59. The van der Waals surface area contributed by atoms with Crippen molar-refractivity contribution in [1.82, 2.24) is 0 Å². The molecular formula is C18H28O9. The minimum Gasteiger partial charge on any atom is -0.508 e. The lowest BCUT2D eigenvalue weighted by molar-refractivity contribution is -0.267. The molecule has 0 bridgehead atoms. The molecule has 2 rings (SSSR count). The van der Waals surface area contributed by atoms with Gasteiger partial charge in [-0.15, -0.1) is 0 Å². The van der Waals surface area contributed by atoms with E-state index in [4.69, 9.17) is 9.47 Å². The summed E-state index contributed by atoms with van der Waals surface area (Å²) in [5.41, 5.74) is -2.53. The molecule has 1 aliphatic heterocycles. The molecule has 1 fully saturated rings. The number of carbonyl (C=O) groups is 1. The van der Waals surface area contributed by atoms with E-state index in [1.807, 2.05) is 20.8 Å². The van der Waals surface area contributed by atoms with Crippen LogP contribution in [0, 0.1) is 11.3 Å². The quantitative estimate of drug-likeness (QED) is 0.325. The molecule has 7 atom stereocenters. The summed E-state index contributed by atoms with van der Waals surface area (Å²) in [5, 5.41) is 60.5. The van der Waals surface area contributed by atoms with Crippen LogP contribution in [-0.2, 0) is 14.3 Å². The molecule has 0 aromatic rings. The molecule has 0 aromatic heterocycles. The van der Waals surface area contributed by atoms with Crippen LogP contribution in [0.2, 0.25) is 0 Å². The van der Waals surface area contributed by atoms with Gasteiger partial charge in [-0.2, -0.15) is 0 Å². The fraction of sp³-hybridized carbons (Fsp3) is 0.722. The van der Waals surface area contributed by atoms with Crippen molar-refractivity contribution in [2.45, 2.75) is 56.9 Å². The summed E-state index contributed by atoms with van der Waals surface area (Å²) in [4.78, 5) is 12.6. The molecule has 0 aromatic carbocycles. The highest BCUT2D eigenvalue weighted by Gasteiger charge is 2.56. The van der Waals surface area contributed by atoms with Gasteiger partial charge in [0.15, 0.2) is 0 Å². The normalized spacial score (nSPS) is 39.8. The van der Waals surface area contributed by atoms with Crippen molar-refractivity contribution in [3.63, 3.8) is 0 Å². The molecule has 6 N–H and O–H groups in total. The maximum Gasteiger partial charge on any atom is 0.316 e. The molecule has 1 heterocycles. The number of allylic oxidation sites excluding steroid dienone is 1. The number of aliphatic hydroxyl groups excluding tert-OH is 5. The van der Waals surface area contributed by atoms with Gasteiger partial charge in [-0.1, -0.05) is 20.8 Å². The summed E-state index contributed by atoms with van der Waals surface area (Å²) in [6.45, 7) is 4.90. The summed E-state index contributed by atoms with van der Waals surface area (Å²) in [6.07, 6.45) is -4.65. The van der Waals surface area contributed by atoms with Crippen molar-refractivity contribution in [3.8, 4) is 0 Å². The molecule has 0 radical (unpaired) electrons. The molecule has 27 heavy (non-hydrogen) atoms. The second kappa shape index (κ2) is 7.86. The van der Waals surface area contributed by atoms with Gasteiger partial charge in [0.1, 0.15) is 47.8 Å². The van der Waals surface area contributed by atoms with Crippen LogP contribution in [0.25, 0.3) is 0 Å². The zero-order chi connectivity index (χ0) is 20.6. The molecule has 154 valence electrons. The predicted molar refractivity (Wildman–Crippen MR) is 92.5 cm³/mol. The standard InChI is InChI=1S/C18H28O9/c1-17(2,3)8-26-16(24)10-6-9(20)4-5-18(10,25)15-14(23)13(22)12(21)11(7-19)27-15/h4-6,10-15,19-23,25H,7-8H2,1-3H3/t10?,11-,12-,13+,14-,15-,18?/m1/s1. The highest BCUT2D eigenvalue weighted by molar-refractivity contribution is 5.77. The van der Waals surface area contributed by atoms with E-state index in [0.717, 1.165) is 18.2 Å². The van der Waals surface area contributed by atoms with Gasteiger partial charge in [-0.3, -0.25) is 4.79 Å². The van der Waals surface area contributed by atoms with Crippen LogP contribution < -0.4 is 0 Å². The Hall–Kier alpha value is -1.49. The van der Waals surface area contributed by atoms with Crippen LogP contribution in [0.15, 0.2) is 24.0 Å². The van der Waals surface area contributed by atoms with Crippen LogP contribution in [-0.4, -0.2) is 85.9 Å². The summed E-state index contributed by atoms with van der Waals surface area (Å²) in [5.74, 6) is -2.59. The molecule has 2 unspecified atom stereocenters. The summed E-state index contributed by atoms with van der Waals surface area (Å²) in [7, 11) is 0. The Balaban J connectivity index is 2.33. The fourth-order valence-electron chi connectivity index (χ4n) is 3.07. The topological polar surface area (TPSA) is 157 Å². The Bertz CT molecular complexity index is 606.